The SMILES string of the molecule is CCCC1CC(C(=O)NCc2nc(C)cc(C)n2)NN1. The van der Waals surface area contributed by atoms with Crippen molar-refractivity contribution < 1.29 is 4.79 Å². The quantitative estimate of drug-likeness (QED) is 0.740. The minimum Gasteiger partial charge on any atom is -0.347 e. The van der Waals surface area contributed by atoms with Gasteiger partial charge in [0.15, 0.2) is 0 Å². The van der Waals surface area contributed by atoms with Gasteiger partial charge in [0.25, 0.3) is 0 Å². The van der Waals surface area contributed by atoms with Crippen LogP contribution in [-0.2, 0) is 11.3 Å². The maximum absolute atomic E-state index is 12.1. The Hall–Kier alpha value is -1.53. The van der Waals surface area contributed by atoms with Crippen molar-refractivity contribution in [2.24, 2.45) is 0 Å². The van der Waals surface area contributed by atoms with E-state index in [4.69, 9.17) is 0 Å². The van der Waals surface area contributed by atoms with E-state index in [9.17, 15) is 4.79 Å². The van der Waals surface area contributed by atoms with Crippen LogP contribution < -0.4 is 16.2 Å². The topological polar surface area (TPSA) is 78.9 Å². The van der Waals surface area contributed by atoms with Crippen LogP contribution in [0.4, 0.5) is 0 Å². The molecule has 2 rings (SSSR count). The summed E-state index contributed by atoms with van der Waals surface area (Å²) in [6.07, 6.45) is 3.02. The maximum Gasteiger partial charge on any atom is 0.238 e. The molecule has 0 radical (unpaired) electrons. The van der Waals surface area contributed by atoms with Crippen LogP contribution >= 0.6 is 0 Å². The molecule has 1 amide bonds. The molecule has 20 heavy (non-hydrogen) atoms. The molecule has 0 spiro atoms. The monoisotopic (exact) mass is 277 g/mol. The van der Waals surface area contributed by atoms with Gasteiger partial charge in [0.05, 0.1) is 6.54 Å². The largest absolute Gasteiger partial charge is 0.347 e. The Bertz CT molecular complexity index is 456. The Balaban J connectivity index is 1.83. The molecule has 0 saturated carbocycles. The van der Waals surface area contributed by atoms with Crippen LogP contribution in [0.2, 0.25) is 0 Å². The van der Waals surface area contributed by atoms with Gasteiger partial charge < -0.3 is 5.32 Å². The van der Waals surface area contributed by atoms with Gasteiger partial charge in [0.2, 0.25) is 5.91 Å². The van der Waals surface area contributed by atoms with E-state index in [-0.39, 0.29) is 11.9 Å². The molecule has 0 aromatic carbocycles. The highest BCUT2D eigenvalue weighted by Crippen LogP contribution is 2.10. The van der Waals surface area contributed by atoms with Crippen LogP contribution in [0.5, 0.6) is 0 Å². The smallest absolute Gasteiger partial charge is 0.238 e. The van der Waals surface area contributed by atoms with Crippen molar-refractivity contribution in [3.05, 3.63) is 23.3 Å². The van der Waals surface area contributed by atoms with E-state index >= 15 is 0 Å². The van der Waals surface area contributed by atoms with Crippen LogP contribution in [0.25, 0.3) is 0 Å². The van der Waals surface area contributed by atoms with E-state index in [0.29, 0.717) is 18.4 Å². The number of carbonyl (C=O) groups is 1. The van der Waals surface area contributed by atoms with Gasteiger partial charge in [-0.15, -0.1) is 0 Å². The lowest BCUT2D eigenvalue weighted by Crippen LogP contribution is -2.43. The zero-order valence-electron chi connectivity index (χ0n) is 12.4. The Morgan fingerprint density at radius 3 is 2.70 bits per heavy atom. The fourth-order valence-electron chi connectivity index (χ4n) is 2.50. The summed E-state index contributed by atoms with van der Waals surface area (Å²) in [4.78, 5) is 20.7. The number of hydrogen-bond acceptors (Lipinski definition) is 5. The molecule has 1 aliphatic rings. The van der Waals surface area contributed by atoms with Crippen LogP contribution in [0, 0.1) is 13.8 Å². The molecule has 0 bridgehead atoms. The van der Waals surface area contributed by atoms with Crippen molar-refractivity contribution in [2.45, 2.75) is 58.7 Å². The number of amides is 1. The fraction of sp³-hybridized carbons (Fsp3) is 0.643. The van der Waals surface area contributed by atoms with Crippen molar-refractivity contribution in [3.63, 3.8) is 0 Å². The second-order valence-electron chi connectivity index (χ2n) is 5.35. The summed E-state index contributed by atoms with van der Waals surface area (Å²) >= 11 is 0. The molecule has 2 heterocycles. The maximum atomic E-state index is 12.1. The predicted octanol–water partition coefficient (Wildman–Crippen LogP) is 0.745. The highest BCUT2D eigenvalue weighted by atomic mass is 16.2. The molecule has 1 aromatic rings. The lowest BCUT2D eigenvalue weighted by molar-refractivity contribution is -0.123. The second-order valence-corrected chi connectivity index (χ2v) is 5.35. The third-order valence-corrected chi connectivity index (χ3v) is 3.38. The first kappa shape index (κ1) is 14.9. The number of hydrazine groups is 1. The standard InChI is InChI=1S/C14H23N5O/c1-4-5-11-7-12(19-18-11)14(20)15-8-13-16-9(2)6-10(3)17-13/h6,11-12,18-19H,4-5,7-8H2,1-3H3,(H,15,20). The van der Waals surface area contributed by atoms with Gasteiger partial charge in [-0.2, -0.15) is 0 Å². The summed E-state index contributed by atoms with van der Waals surface area (Å²) in [6, 6.07) is 2.13. The molecule has 1 fully saturated rings. The van der Waals surface area contributed by atoms with Crippen LogP contribution in [0.1, 0.15) is 43.4 Å². The number of nitrogens with one attached hydrogen (secondary N) is 3. The van der Waals surface area contributed by atoms with Gasteiger partial charge in [-0.25, -0.2) is 15.4 Å². The zero-order valence-corrected chi connectivity index (χ0v) is 12.4. The summed E-state index contributed by atoms with van der Waals surface area (Å²) in [6.45, 7) is 6.38. The molecule has 0 aliphatic carbocycles. The number of rotatable bonds is 5. The van der Waals surface area contributed by atoms with Gasteiger partial charge in [-0.3, -0.25) is 10.2 Å². The highest BCUT2D eigenvalue weighted by molar-refractivity contribution is 5.81. The Morgan fingerprint density at radius 1 is 1.35 bits per heavy atom. The van der Waals surface area contributed by atoms with E-state index in [1.54, 1.807) is 0 Å². The molecule has 6 heteroatoms. The number of hydrogen-bond donors (Lipinski definition) is 3. The molecule has 1 aliphatic heterocycles. The third kappa shape index (κ3) is 3.98. The van der Waals surface area contributed by atoms with Crippen molar-refractivity contribution in [1.29, 1.82) is 0 Å². The number of carbonyl (C=O) groups excluding carboxylic acids is 1. The van der Waals surface area contributed by atoms with Crippen LogP contribution in [-0.4, -0.2) is 28.0 Å². The van der Waals surface area contributed by atoms with Gasteiger partial charge >= 0.3 is 0 Å². The van der Waals surface area contributed by atoms with Crippen molar-refractivity contribution in [1.82, 2.24) is 26.1 Å². The number of aryl methyl sites for hydroxylation is 2. The van der Waals surface area contributed by atoms with Crippen LogP contribution in [0.3, 0.4) is 0 Å². The van der Waals surface area contributed by atoms with Gasteiger partial charge in [0, 0.05) is 17.4 Å². The van der Waals surface area contributed by atoms with Gasteiger partial charge in [0.1, 0.15) is 11.9 Å². The molecule has 1 aromatic heterocycles. The molecule has 2 unspecified atom stereocenters. The summed E-state index contributed by atoms with van der Waals surface area (Å²) < 4.78 is 0. The zero-order chi connectivity index (χ0) is 14.5. The average molecular weight is 277 g/mol. The molecule has 3 N–H and O–H groups in total. The first-order valence-corrected chi connectivity index (χ1v) is 7.18. The van der Waals surface area contributed by atoms with E-state index < -0.39 is 0 Å². The van der Waals surface area contributed by atoms with Gasteiger partial charge in [-0.1, -0.05) is 13.3 Å². The molecule has 1 saturated heterocycles. The Morgan fingerprint density at radius 2 is 2.05 bits per heavy atom. The molecule has 6 nitrogen and oxygen atoms in total. The highest BCUT2D eigenvalue weighted by Gasteiger charge is 2.28. The van der Waals surface area contributed by atoms with Crippen LogP contribution in [0.15, 0.2) is 6.07 Å². The molecular weight excluding hydrogens is 254 g/mol. The van der Waals surface area contributed by atoms with E-state index in [1.807, 2.05) is 19.9 Å². The Labute approximate surface area is 119 Å². The minimum atomic E-state index is -0.169. The third-order valence-electron chi connectivity index (χ3n) is 3.38. The number of aromatic nitrogens is 2. The number of nitrogens with zero attached hydrogens (tertiary/aromatic N) is 2. The van der Waals surface area contributed by atoms with E-state index in [0.717, 1.165) is 30.7 Å². The lowest BCUT2D eigenvalue weighted by Gasteiger charge is -2.10. The molecule has 110 valence electrons. The van der Waals surface area contributed by atoms with Crippen molar-refractivity contribution in [3.8, 4) is 0 Å². The first-order valence-electron chi connectivity index (χ1n) is 7.18. The molecule has 2 atom stereocenters. The second kappa shape index (κ2) is 6.76. The average Bonchev–Trinajstić information content (AvgIpc) is 2.84. The predicted molar refractivity (Wildman–Crippen MR) is 76.7 cm³/mol. The summed E-state index contributed by atoms with van der Waals surface area (Å²) in [5, 5.41) is 2.89. The minimum absolute atomic E-state index is 0.00105. The summed E-state index contributed by atoms with van der Waals surface area (Å²) in [5.74, 6) is 0.658. The lowest BCUT2D eigenvalue weighted by atomic mass is 10.1. The Kier molecular flexibility index (Phi) is 5.03. The molecular formula is C14H23N5O. The van der Waals surface area contributed by atoms with Crippen molar-refractivity contribution >= 4 is 5.91 Å². The van der Waals surface area contributed by atoms with Crippen molar-refractivity contribution in [2.75, 3.05) is 0 Å². The first-order chi connectivity index (χ1) is 9.58. The van der Waals surface area contributed by atoms with E-state index in [1.165, 1.54) is 0 Å². The fourth-order valence-corrected chi connectivity index (χ4v) is 2.50. The van der Waals surface area contributed by atoms with Gasteiger partial charge in [-0.05, 0) is 32.8 Å². The summed E-state index contributed by atoms with van der Waals surface area (Å²) in [5.41, 5.74) is 8.05. The normalized spacial score (nSPS) is 21.9. The summed E-state index contributed by atoms with van der Waals surface area (Å²) in [7, 11) is 0. The van der Waals surface area contributed by atoms with E-state index in [2.05, 4.69) is 33.1 Å².